The molecule has 5 heteroatoms. The van der Waals surface area contributed by atoms with Crippen LogP contribution in [-0.4, -0.2) is 29.9 Å². The Labute approximate surface area is 204 Å². The number of rotatable bonds is 7. The summed E-state index contributed by atoms with van der Waals surface area (Å²) >= 11 is 0. The zero-order chi connectivity index (χ0) is 24.8. The van der Waals surface area contributed by atoms with E-state index in [0.717, 1.165) is 24.8 Å². The number of ketones is 3. The van der Waals surface area contributed by atoms with Crippen molar-refractivity contribution in [3.8, 4) is 0 Å². The number of esters is 1. The van der Waals surface area contributed by atoms with Crippen molar-refractivity contribution < 1.29 is 23.9 Å². The molecule has 4 saturated carbocycles. The van der Waals surface area contributed by atoms with Crippen LogP contribution in [0, 0.1) is 46.3 Å². The largest absolute Gasteiger partial charge is 0.465 e. The van der Waals surface area contributed by atoms with Gasteiger partial charge in [-0.05, 0) is 67.6 Å². The number of fused-ring (bicyclic) bond motifs is 5. The van der Waals surface area contributed by atoms with Gasteiger partial charge in [-0.25, -0.2) is 0 Å². The van der Waals surface area contributed by atoms with Gasteiger partial charge in [0.25, 0.3) is 0 Å². The maximum absolute atomic E-state index is 13.8. The van der Waals surface area contributed by atoms with Crippen molar-refractivity contribution in [1.82, 2.24) is 0 Å². The van der Waals surface area contributed by atoms with E-state index in [0.29, 0.717) is 63.1 Å². The number of Topliss-reactive ketones (excluding diaryl/α,β-unsaturated/α-hetero) is 3. The van der Waals surface area contributed by atoms with E-state index in [-0.39, 0.29) is 52.7 Å². The van der Waals surface area contributed by atoms with Crippen LogP contribution in [0.4, 0.5) is 0 Å². The van der Waals surface area contributed by atoms with Gasteiger partial charge in [-0.3, -0.25) is 19.2 Å². The highest BCUT2D eigenvalue weighted by molar-refractivity contribution is 5.93. The van der Waals surface area contributed by atoms with Crippen molar-refractivity contribution in [3.05, 3.63) is 12.2 Å². The van der Waals surface area contributed by atoms with Crippen molar-refractivity contribution in [2.45, 2.75) is 91.9 Å². The molecule has 34 heavy (non-hydrogen) atoms. The number of hydrogen-bond donors (Lipinski definition) is 0. The van der Waals surface area contributed by atoms with Crippen molar-refractivity contribution in [1.29, 1.82) is 0 Å². The maximum Gasteiger partial charge on any atom is 0.305 e. The Morgan fingerprint density at radius 2 is 1.82 bits per heavy atom. The molecule has 0 bridgehead atoms. The fourth-order valence-corrected chi connectivity index (χ4v) is 8.35. The zero-order valence-corrected chi connectivity index (χ0v) is 21.5. The van der Waals surface area contributed by atoms with Crippen LogP contribution in [0.2, 0.25) is 0 Å². The first kappa shape index (κ1) is 25.3. The summed E-state index contributed by atoms with van der Waals surface area (Å²) in [5, 5.41) is 0. The highest BCUT2D eigenvalue weighted by atomic mass is 16.5. The highest BCUT2D eigenvalue weighted by Gasteiger charge is 2.66. The average Bonchev–Trinajstić information content (AvgIpc) is 3.12. The van der Waals surface area contributed by atoms with Crippen LogP contribution in [0.5, 0.6) is 0 Å². The first-order valence-corrected chi connectivity index (χ1v) is 13.4. The lowest BCUT2D eigenvalue weighted by Gasteiger charge is -2.58. The van der Waals surface area contributed by atoms with E-state index in [4.69, 9.17) is 4.74 Å². The molecule has 8 atom stereocenters. The molecule has 4 aliphatic carbocycles. The monoisotopic (exact) mass is 470 g/mol. The van der Waals surface area contributed by atoms with Crippen LogP contribution >= 0.6 is 0 Å². The van der Waals surface area contributed by atoms with Gasteiger partial charge >= 0.3 is 5.97 Å². The van der Waals surface area contributed by atoms with Crippen LogP contribution in [0.1, 0.15) is 91.9 Å². The third-order valence-corrected chi connectivity index (χ3v) is 10.5. The summed E-state index contributed by atoms with van der Waals surface area (Å²) in [5.41, 5.74) is 0.423. The van der Waals surface area contributed by atoms with Crippen molar-refractivity contribution in [3.63, 3.8) is 0 Å². The van der Waals surface area contributed by atoms with E-state index in [1.807, 2.05) is 6.92 Å². The normalized spacial score (nSPS) is 40.2. The molecule has 2 unspecified atom stereocenters. The first-order chi connectivity index (χ1) is 16.0. The van der Waals surface area contributed by atoms with Gasteiger partial charge in [0.2, 0.25) is 0 Å². The fraction of sp³-hybridized carbons (Fsp3) is 0.793. The summed E-state index contributed by atoms with van der Waals surface area (Å²) in [4.78, 5) is 51.6. The number of carbonyl (C=O) groups is 4. The molecule has 0 heterocycles. The number of hydrogen-bond acceptors (Lipinski definition) is 5. The summed E-state index contributed by atoms with van der Waals surface area (Å²) in [7, 11) is 0. The minimum absolute atomic E-state index is 0.0542. The molecule has 4 fully saturated rings. The smallest absolute Gasteiger partial charge is 0.305 e. The minimum atomic E-state index is -0.492. The Balaban J connectivity index is 1.46. The summed E-state index contributed by atoms with van der Waals surface area (Å²) in [5.74, 6) is 1.33. The van der Waals surface area contributed by atoms with E-state index < -0.39 is 5.41 Å². The summed E-state index contributed by atoms with van der Waals surface area (Å²) in [6, 6.07) is 0. The summed E-state index contributed by atoms with van der Waals surface area (Å²) in [6.07, 6.45) is 6.47. The van der Waals surface area contributed by atoms with Gasteiger partial charge < -0.3 is 4.74 Å². The molecule has 5 nitrogen and oxygen atoms in total. The molecule has 188 valence electrons. The Hall–Kier alpha value is -1.78. The lowest BCUT2D eigenvalue weighted by molar-refractivity contribution is -0.166. The lowest BCUT2D eigenvalue weighted by Crippen LogP contribution is -2.60. The average molecular weight is 471 g/mol. The van der Waals surface area contributed by atoms with Gasteiger partial charge in [0, 0.05) is 49.9 Å². The van der Waals surface area contributed by atoms with Gasteiger partial charge in [-0.2, -0.15) is 0 Å². The van der Waals surface area contributed by atoms with Gasteiger partial charge in [0.1, 0.15) is 17.3 Å². The van der Waals surface area contributed by atoms with Crippen LogP contribution in [0.25, 0.3) is 0 Å². The third-order valence-electron chi connectivity index (χ3n) is 10.5. The van der Waals surface area contributed by atoms with Gasteiger partial charge in [0.05, 0.1) is 6.61 Å². The Kier molecular flexibility index (Phi) is 6.96. The summed E-state index contributed by atoms with van der Waals surface area (Å²) in [6.45, 7) is 12.6. The molecule has 0 aromatic rings. The highest BCUT2D eigenvalue weighted by Crippen LogP contribution is 2.66. The number of ether oxygens (including phenoxy) is 1. The van der Waals surface area contributed by atoms with Crippen LogP contribution in [-0.2, 0) is 23.9 Å². The Morgan fingerprint density at radius 1 is 1.09 bits per heavy atom. The second-order valence-electron chi connectivity index (χ2n) is 12.4. The minimum Gasteiger partial charge on any atom is -0.465 e. The SMILES string of the molecule is C=C(C)CCOC(=O)CCC(C)[C@H]1CC[C@H]2[C@@H]3C(=O)CC4CC(=O)CC[C@]4(C)[C@H]3CC(=O)[C@]12C. The molecule has 0 amide bonds. The number of carbonyl (C=O) groups excluding carboxylic acids is 4. The van der Waals surface area contributed by atoms with Crippen molar-refractivity contribution in [2.75, 3.05) is 6.61 Å². The second kappa shape index (κ2) is 9.35. The molecule has 0 aromatic carbocycles. The van der Waals surface area contributed by atoms with Gasteiger partial charge in [0.15, 0.2) is 0 Å². The fourth-order valence-electron chi connectivity index (χ4n) is 8.35. The van der Waals surface area contributed by atoms with E-state index in [1.54, 1.807) is 0 Å². The molecular weight excluding hydrogens is 428 g/mol. The van der Waals surface area contributed by atoms with Crippen molar-refractivity contribution in [2.24, 2.45) is 46.3 Å². The molecule has 4 rings (SSSR count). The third kappa shape index (κ3) is 4.22. The maximum atomic E-state index is 13.8. The predicted molar refractivity (Wildman–Crippen MR) is 130 cm³/mol. The molecular formula is C29H42O5. The van der Waals surface area contributed by atoms with Crippen LogP contribution in [0.3, 0.4) is 0 Å². The Bertz CT molecular complexity index is 889. The van der Waals surface area contributed by atoms with Gasteiger partial charge in [-0.15, -0.1) is 6.58 Å². The lowest BCUT2D eigenvalue weighted by atomic mass is 9.44. The van der Waals surface area contributed by atoms with Crippen molar-refractivity contribution >= 4 is 23.3 Å². The standard InChI is InChI=1S/C29H42O5/c1-17(2)11-13-34-26(33)9-6-18(3)21-7-8-22-27-23(16-25(32)29(21,22)5)28(4)12-10-20(30)14-19(28)15-24(27)31/h18-19,21-23,27H,1,6-16H2,2-5H3/t18?,19?,21-,22+,23+,27+,28+,29-/m1/s1. The molecule has 0 aliphatic heterocycles. The van der Waals surface area contributed by atoms with E-state index in [9.17, 15) is 19.2 Å². The van der Waals surface area contributed by atoms with E-state index in [1.165, 1.54) is 0 Å². The predicted octanol–water partition coefficient (Wildman–Crippen LogP) is 5.50. The first-order valence-electron chi connectivity index (χ1n) is 13.4. The second-order valence-corrected chi connectivity index (χ2v) is 12.4. The molecule has 0 spiro atoms. The molecule has 4 aliphatic rings. The zero-order valence-electron chi connectivity index (χ0n) is 21.5. The molecule has 0 saturated heterocycles. The van der Waals surface area contributed by atoms with E-state index >= 15 is 0 Å². The molecule has 0 N–H and O–H groups in total. The topological polar surface area (TPSA) is 77.5 Å². The van der Waals surface area contributed by atoms with Crippen LogP contribution in [0.15, 0.2) is 12.2 Å². The summed E-state index contributed by atoms with van der Waals surface area (Å²) < 4.78 is 5.34. The quantitative estimate of drug-likeness (QED) is 0.363. The van der Waals surface area contributed by atoms with E-state index in [2.05, 4.69) is 27.4 Å². The molecule has 0 radical (unpaired) electrons. The van der Waals surface area contributed by atoms with Crippen LogP contribution < -0.4 is 0 Å². The van der Waals surface area contributed by atoms with Gasteiger partial charge in [-0.1, -0.05) is 26.3 Å². The molecule has 0 aromatic heterocycles. The Morgan fingerprint density at radius 3 is 2.53 bits per heavy atom.